The molecule has 1 aromatic carbocycles. The van der Waals surface area contributed by atoms with Gasteiger partial charge in [0.25, 0.3) is 0 Å². The van der Waals surface area contributed by atoms with Crippen molar-refractivity contribution < 1.29 is 4.79 Å². The number of hydrogen-bond donors (Lipinski definition) is 1. The van der Waals surface area contributed by atoms with Gasteiger partial charge in [-0.1, -0.05) is 31.2 Å². The van der Waals surface area contributed by atoms with E-state index in [1.54, 1.807) is 6.92 Å². The van der Waals surface area contributed by atoms with E-state index < -0.39 is 0 Å². The summed E-state index contributed by atoms with van der Waals surface area (Å²) in [5.41, 5.74) is 3.18. The van der Waals surface area contributed by atoms with Crippen molar-refractivity contribution in [1.82, 2.24) is 5.32 Å². The van der Waals surface area contributed by atoms with Crippen molar-refractivity contribution in [2.75, 3.05) is 0 Å². The minimum absolute atomic E-state index is 0.143. The van der Waals surface area contributed by atoms with Crippen LogP contribution in [-0.2, 0) is 13.0 Å². The zero-order valence-corrected chi connectivity index (χ0v) is 10.2. The zero-order chi connectivity index (χ0) is 12.0. The molecule has 1 rings (SSSR count). The average molecular weight is 217 g/mol. The summed E-state index contributed by atoms with van der Waals surface area (Å²) in [4.78, 5) is 11.4. The van der Waals surface area contributed by atoms with Gasteiger partial charge in [-0.15, -0.1) is 0 Å². The van der Waals surface area contributed by atoms with Crippen molar-refractivity contribution in [3.8, 4) is 0 Å². The molecule has 0 amide bonds. The molecular weight excluding hydrogens is 198 g/mol. The first-order chi connectivity index (χ1) is 7.69. The second-order valence-corrected chi connectivity index (χ2v) is 3.78. The summed E-state index contributed by atoms with van der Waals surface area (Å²) in [7, 11) is 0. The van der Waals surface area contributed by atoms with Crippen molar-refractivity contribution in [3.63, 3.8) is 0 Å². The summed E-state index contributed by atoms with van der Waals surface area (Å²) in [6.45, 7) is 6.47. The fourth-order valence-corrected chi connectivity index (χ4v) is 1.69. The third-order valence-corrected chi connectivity index (χ3v) is 2.52. The van der Waals surface area contributed by atoms with Crippen molar-refractivity contribution in [2.45, 2.75) is 33.7 Å². The van der Waals surface area contributed by atoms with Crippen LogP contribution in [0.3, 0.4) is 0 Å². The number of nitrogens with one attached hydrogen (secondary N) is 1. The number of rotatable bonds is 5. The molecule has 86 valence electrons. The monoisotopic (exact) mass is 217 g/mol. The number of ketones is 1. The zero-order valence-electron chi connectivity index (χ0n) is 10.2. The second kappa shape index (κ2) is 6.11. The van der Waals surface area contributed by atoms with E-state index in [0.717, 1.165) is 24.1 Å². The molecule has 16 heavy (non-hydrogen) atoms. The second-order valence-electron chi connectivity index (χ2n) is 3.78. The molecule has 1 aromatic rings. The Kier molecular flexibility index (Phi) is 4.77. The fraction of sp³-hybridized carbons (Fsp3) is 0.357. The van der Waals surface area contributed by atoms with Gasteiger partial charge >= 0.3 is 0 Å². The van der Waals surface area contributed by atoms with E-state index in [4.69, 9.17) is 0 Å². The number of Topliss-reactive ketones (excluding diaryl/α,β-unsaturated/α-hetero) is 1. The average Bonchev–Trinajstić information content (AvgIpc) is 2.29. The molecule has 2 heteroatoms. The van der Waals surface area contributed by atoms with Crippen LogP contribution >= 0.6 is 0 Å². The molecule has 0 aromatic heterocycles. The Morgan fingerprint density at radius 1 is 1.44 bits per heavy atom. The minimum Gasteiger partial charge on any atom is -0.387 e. The van der Waals surface area contributed by atoms with Crippen LogP contribution in [-0.4, -0.2) is 5.78 Å². The summed E-state index contributed by atoms with van der Waals surface area (Å²) in [5, 5.41) is 3.19. The van der Waals surface area contributed by atoms with Crippen LogP contribution in [0.4, 0.5) is 0 Å². The first-order valence-corrected chi connectivity index (χ1v) is 5.66. The Bertz CT molecular complexity index is 394. The molecule has 0 saturated heterocycles. The van der Waals surface area contributed by atoms with E-state index in [9.17, 15) is 4.79 Å². The molecular formula is C14H19NO. The standard InChI is InChI=1S/C14H19NO/c1-4-8-15-10-12-6-7-14(11(3)16)13(5-2)9-12/h4,6-9,15H,5,10H2,1-3H3. The van der Waals surface area contributed by atoms with Crippen LogP contribution in [0.2, 0.25) is 0 Å². The SMILES string of the molecule is CC=CNCc1ccc(C(C)=O)c(CC)c1. The lowest BCUT2D eigenvalue weighted by Crippen LogP contribution is -2.06. The predicted molar refractivity (Wildman–Crippen MR) is 67.5 cm³/mol. The summed E-state index contributed by atoms with van der Waals surface area (Å²) < 4.78 is 0. The Labute approximate surface area is 97.4 Å². The van der Waals surface area contributed by atoms with Crippen LogP contribution < -0.4 is 5.32 Å². The molecule has 0 heterocycles. The molecule has 0 unspecified atom stereocenters. The lowest BCUT2D eigenvalue weighted by atomic mass is 9.99. The van der Waals surface area contributed by atoms with Crippen molar-refractivity contribution in [1.29, 1.82) is 0 Å². The van der Waals surface area contributed by atoms with Crippen LogP contribution in [0.25, 0.3) is 0 Å². The molecule has 0 bridgehead atoms. The van der Waals surface area contributed by atoms with Gasteiger partial charge in [0.2, 0.25) is 0 Å². The molecule has 0 atom stereocenters. The van der Waals surface area contributed by atoms with Crippen molar-refractivity contribution >= 4 is 5.78 Å². The molecule has 2 nitrogen and oxygen atoms in total. The Hall–Kier alpha value is -1.57. The maximum Gasteiger partial charge on any atom is 0.160 e. The van der Waals surface area contributed by atoms with Gasteiger partial charge in [-0.3, -0.25) is 4.79 Å². The molecule has 0 fully saturated rings. The molecule has 1 N–H and O–H groups in total. The van der Waals surface area contributed by atoms with Gasteiger partial charge in [-0.2, -0.15) is 0 Å². The van der Waals surface area contributed by atoms with E-state index in [1.807, 2.05) is 31.3 Å². The highest BCUT2D eigenvalue weighted by Gasteiger charge is 2.06. The molecule has 0 aliphatic heterocycles. The van der Waals surface area contributed by atoms with E-state index in [2.05, 4.69) is 18.3 Å². The maximum atomic E-state index is 11.4. The molecule has 0 aliphatic carbocycles. The van der Waals surface area contributed by atoms with Gasteiger partial charge in [-0.25, -0.2) is 0 Å². The van der Waals surface area contributed by atoms with Crippen LogP contribution in [0.5, 0.6) is 0 Å². The molecule has 0 aliphatic rings. The van der Waals surface area contributed by atoms with Gasteiger partial charge < -0.3 is 5.32 Å². The highest BCUT2D eigenvalue weighted by atomic mass is 16.1. The predicted octanol–water partition coefficient (Wildman–Crippen LogP) is 3.07. The summed E-state index contributed by atoms with van der Waals surface area (Å²) >= 11 is 0. The number of benzene rings is 1. The van der Waals surface area contributed by atoms with E-state index in [0.29, 0.717) is 0 Å². The Morgan fingerprint density at radius 2 is 2.19 bits per heavy atom. The first-order valence-electron chi connectivity index (χ1n) is 5.66. The third-order valence-electron chi connectivity index (χ3n) is 2.52. The van der Waals surface area contributed by atoms with Crippen molar-refractivity contribution in [3.05, 3.63) is 47.2 Å². The third kappa shape index (κ3) is 3.23. The molecule has 0 saturated carbocycles. The van der Waals surface area contributed by atoms with Crippen molar-refractivity contribution in [2.24, 2.45) is 0 Å². The van der Waals surface area contributed by atoms with Gasteiger partial charge in [0, 0.05) is 12.1 Å². The van der Waals surface area contributed by atoms with Crippen LogP contribution in [0.15, 0.2) is 30.5 Å². The fourth-order valence-electron chi connectivity index (χ4n) is 1.69. The van der Waals surface area contributed by atoms with Crippen LogP contribution in [0.1, 0.15) is 42.3 Å². The van der Waals surface area contributed by atoms with Gasteiger partial charge in [0.1, 0.15) is 0 Å². The smallest absolute Gasteiger partial charge is 0.160 e. The lowest BCUT2D eigenvalue weighted by Gasteiger charge is -2.08. The Morgan fingerprint density at radius 3 is 2.75 bits per heavy atom. The van der Waals surface area contributed by atoms with Crippen LogP contribution in [0, 0.1) is 0 Å². The normalized spacial score (nSPS) is 10.7. The van der Waals surface area contributed by atoms with Gasteiger partial charge in [0.15, 0.2) is 5.78 Å². The highest BCUT2D eigenvalue weighted by Crippen LogP contribution is 2.13. The number of allylic oxidation sites excluding steroid dienone is 1. The Balaban J connectivity index is 2.86. The maximum absolute atomic E-state index is 11.4. The first kappa shape index (κ1) is 12.5. The number of carbonyl (C=O) groups is 1. The van der Waals surface area contributed by atoms with E-state index in [1.165, 1.54) is 5.56 Å². The van der Waals surface area contributed by atoms with E-state index in [-0.39, 0.29) is 5.78 Å². The summed E-state index contributed by atoms with van der Waals surface area (Å²) in [6, 6.07) is 6.04. The lowest BCUT2D eigenvalue weighted by molar-refractivity contribution is 0.101. The summed E-state index contributed by atoms with van der Waals surface area (Å²) in [6.07, 6.45) is 4.78. The molecule has 0 radical (unpaired) electrons. The van der Waals surface area contributed by atoms with E-state index >= 15 is 0 Å². The minimum atomic E-state index is 0.143. The van der Waals surface area contributed by atoms with Gasteiger partial charge in [-0.05, 0) is 37.6 Å². The quantitative estimate of drug-likeness (QED) is 0.768. The number of carbonyl (C=O) groups excluding carboxylic acids is 1. The highest BCUT2D eigenvalue weighted by molar-refractivity contribution is 5.95. The summed E-state index contributed by atoms with van der Waals surface area (Å²) in [5.74, 6) is 0.143. The topological polar surface area (TPSA) is 29.1 Å². The van der Waals surface area contributed by atoms with Gasteiger partial charge in [0.05, 0.1) is 0 Å². The molecule has 0 spiro atoms. The largest absolute Gasteiger partial charge is 0.387 e. The number of hydrogen-bond acceptors (Lipinski definition) is 2. The number of aryl methyl sites for hydroxylation is 1.